The zero-order valence-electron chi connectivity index (χ0n) is 35.3. The lowest BCUT2D eigenvalue weighted by molar-refractivity contribution is 0.398. The lowest BCUT2D eigenvalue weighted by atomic mass is 9.83. The molecular weight excluding hydrogens is 757 g/mol. The highest BCUT2D eigenvalue weighted by Crippen LogP contribution is 2.54. The van der Waals surface area contributed by atoms with E-state index in [2.05, 4.69) is 0 Å². The summed E-state index contributed by atoms with van der Waals surface area (Å²) in [5.41, 5.74) is 3.25. The van der Waals surface area contributed by atoms with Crippen LogP contribution in [0.25, 0.3) is 32.7 Å². The SMILES string of the molecule is Cc1cc2c(C(C)C)c(O)c(O)c(C=N[C@H]3CCC[C@@H]3Cc3ccco3)c2c(O)c1-c1c(C)cc2c(C(C)C)c(O)c(O)c(C=N[C@@H]3CCC[C@H]3Cc3ccco3)c2c1O. The van der Waals surface area contributed by atoms with Crippen LogP contribution in [-0.2, 0) is 12.8 Å². The van der Waals surface area contributed by atoms with Crippen molar-refractivity contribution in [2.24, 2.45) is 21.8 Å². The van der Waals surface area contributed by atoms with Crippen molar-refractivity contribution >= 4 is 34.0 Å². The molecule has 6 N–H and O–H groups in total. The van der Waals surface area contributed by atoms with E-state index in [0.29, 0.717) is 54.9 Å². The predicted octanol–water partition coefficient (Wildman–Crippen LogP) is 11.6. The van der Waals surface area contributed by atoms with E-state index in [1.807, 2.05) is 77.9 Å². The molecule has 2 aromatic heterocycles. The van der Waals surface area contributed by atoms with Gasteiger partial charge in [-0.25, -0.2) is 0 Å². The number of phenols is 6. The van der Waals surface area contributed by atoms with Gasteiger partial charge in [0.15, 0.2) is 23.0 Å². The van der Waals surface area contributed by atoms with Gasteiger partial charge in [0.25, 0.3) is 0 Å². The predicted molar refractivity (Wildman–Crippen MR) is 237 cm³/mol. The lowest BCUT2D eigenvalue weighted by Crippen LogP contribution is -2.14. The van der Waals surface area contributed by atoms with Gasteiger partial charge >= 0.3 is 0 Å². The quantitative estimate of drug-likeness (QED) is 0.0554. The van der Waals surface area contributed by atoms with E-state index in [-0.39, 0.29) is 81.4 Å². The van der Waals surface area contributed by atoms with Crippen molar-refractivity contribution in [2.45, 2.75) is 117 Å². The second-order valence-electron chi connectivity index (χ2n) is 17.7. The molecule has 2 saturated carbocycles. The van der Waals surface area contributed by atoms with Crippen LogP contribution in [-0.4, -0.2) is 55.2 Å². The molecule has 0 saturated heterocycles. The standard InChI is InChI=1S/C50H56N2O8/c1-25(2)39-33-19-27(5)41(47(55)43(33)35(45(53)49(39)57)23-51-37-15-7-11-29(37)21-31-13-9-17-59-31)42-28(6)20-34-40(26(3)4)50(58)46(54)36(44(34)48(42)56)24-52-38-16-8-12-30(38)22-32-14-10-18-60-32/h9-10,13-14,17-20,23-26,29-30,37-38,53-58H,7-8,11-12,15-16,21-22H2,1-6H3/t29-,30+,37+,38-. The number of hydrogen-bond donors (Lipinski definition) is 6. The van der Waals surface area contributed by atoms with Crippen LogP contribution in [0, 0.1) is 25.7 Å². The molecule has 8 rings (SSSR count). The number of benzene rings is 4. The fourth-order valence-electron chi connectivity index (χ4n) is 10.2. The molecule has 2 aliphatic rings. The highest BCUT2D eigenvalue weighted by Gasteiger charge is 2.32. The molecule has 314 valence electrons. The Bertz CT molecular complexity index is 2440. The Hall–Kier alpha value is -5.90. The van der Waals surface area contributed by atoms with Gasteiger partial charge in [-0.2, -0.15) is 0 Å². The average Bonchev–Trinajstić information content (AvgIpc) is 4.05. The van der Waals surface area contributed by atoms with Gasteiger partial charge in [0, 0.05) is 69.4 Å². The van der Waals surface area contributed by atoms with Crippen LogP contribution in [0.3, 0.4) is 0 Å². The first-order chi connectivity index (χ1) is 28.8. The second kappa shape index (κ2) is 16.3. The maximum Gasteiger partial charge on any atom is 0.167 e. The van der Waals surface area contributed by atoms with E-state index in [0.717, 1.165) is 62.9 Å². The molecule has 0 spiro atoms. The van der Waals surface area contributed by atoms with Gasteiger partial charge in [-0.1, -0.05) is 52.7 Å². The van der Waals surface area contributed by atoms with E-state index >= 15 is 0 Å². The van der Waals surface area contributed by atoms with Crippen LogP contribution < -0.4 is 0 Å². The van der Waals surface area contributed by atoms with E-state index in [1.165, 1.54) is 0 Å². The Morgan fingerprint density at radius 1 is 0.583 bits per heavy atom. The zero-order valence-corrected chi connectivity index (χ0v) is 35.3. The normalized spacial score (nSPS) is 19.8. The maximum atomic E-state index is 12.6. The van der Waals surface area contributed by atoms with Crippen molar-refractivity contribution in [3.63, 3.8) is 0 Å². The van der Waals surface area contributed by atoms with Gasteiger partial charge < -0.3 is 39.5 Å². The smallest absolute Gasteiger partial charge is 0.167 e. The maximum absolute atomic E-state index is 12.6. The van der Waals surface area contributed by atoms with E-state index in [1.54, 1.807) is 25.0 Å². The molecule has 10 heteroatoms. The molecule has 10 nitrogen and oxygen atoms in total. The summed E-state index contributed by atoms with van der Waals surface area (Å²) in [7, 11) is 0. The fourth-order valence-corrected chi connectivity index (χ4v) is 10.2. The van der Waals surface area contributed by atoms with Crippen LogP contribution in [0.4, 0.5) is 0 Å². The van der Waals surface area contributed by atoms with E-state index < -0.39 is 0 Å². The third kappa shape index (κ3) is 7.13. The molecule has 0 amide bonds. The molecule has 0 radical (unpaired) electrons. The Labute approximate surface area is 350 Å². The molecule has 2 heterocycles. The summed E-state index contributed by atoms with van der Waals surface area (Å²) in [6, 6.07) is 11.3. The monoisotopic (exact) mass is 812 g/mol. The van der Waals surface area contributed by atoms with Crippen molar-refractivity contribution < 1.29 is 39.5 Å². The highest BCUT2D eigenvalue weighted by molar-refractivity contribution is 6.15. The number of hydrogen-bond acceptors (Lipinski definition) is 10. The summed E-state index contributed by atoms with van der Waals surface area (Å²) in [5, 5.41) is 73.4. The molecule has 4 aromatic carbocycles. The number of nitrogens with zero attached hydrogens (tertiary/aromatic N) is 2. The summed E-state index contributed by atoms with van der Waals surface area (Å²) in [6.45, 7) is 11.4. The average molecular weight is 813 g/mol. The van der Waals surface area contributed by atoms with Gasteiger partial charge in [0.1, 0.15) is 23.0 Å². The summed E-state index contributed by atoms with van der Waals surface area (Å²) in [4.78, 5) is 9.98. The van der Waals surface area contributed by atoms with E-state index in [4.69, 9.17) is 18.8 Å². The van der Waals surface area contributed by atoms with Gasteiger partial charge in [0.2, 0.25) is 0 Å². The first-order valence-corrected chi connectivity index (χ1v) is 21.4. The van der Waals surface area contributed by atoms with Crippen molar-refractivity contribution in [1.82, 2.24) is 0 Å². The summed E-state index contributed by atoms with van der Waals surface area (Å²) in [6.07, 6.45) is 13.6. The largest absolute Gasteiger partial charge is 0.507 e. The minimum absolute atomic E-state index is 0.0562. The number of rotatable bonds is 11. The van der Waals surface area contributed by atoms with Crippen LogP contribution in [0.5, 0.6) is 34.5 Å². The minimum atomic E-state index is -0.377. The molecule has 2 aliphatic carbocycles. The Morgan fingerprint density at radius 3 is 1.33 bits per heavy atom. The molecular formula is C50H56N2O8. The lowest BCUT2D eigenvalue weighted by Gasteiger charge is -2.24. The zero-order chi connectivity index (χ0) is 42.6. The first-order valence-electron chi connectivity index (χ1n) is 21.4. The Balaban J connectivity index is 1.32. The molecule has 0 bridgehead atoms. The second-order valence-corrected chi connectivity index (χ2v) is 17.7. The van der Waals surface area contributed by atoms with Crippen LogP contribution in [0.2, 0.25) is 0 Å². The number of phenolic OH excluding ortho intramolecular Hbond substituents is 6. The van der Waals surface area contributed by atoms with E-state index in [9.17, 15) is 30.6 Å². The van der Waals surface area contributed by atoms with Crippen molar-refractivity contribution in [3.05, 3.63) is 93.8 Å². The number of furan rings is 2. The number of aryl methyl sites for hydroxylation is 2. The third-order valence-corrected chi connectivity index (χ3v) is 13.1. The van der Waals surface area contributed by atoms with Crippen molar-refractivity contribution in [2.75, 3.05) is 0 Å². The Kier molecular flexibility index (Phi) is 11.1. The summed E-state index contributed by atoms with van der Waals surface area (Å²) < 4.78 is 11.3. The molecule has 6 aromatic rings. The van der Waals surface area contributed by atoms with Gasteiger partial charge in [-0.05, 0) is 109 Å². The fraction of sp³-hybridized carbons (Fsp3) is 0.400. The summed E-state index contributed by atoms with van der Waals surface area (Å²) in [5.74, 6) is 0.156. The number of aromatic hydroxyl groups is 6. The summed E-state index contributed by atoms with van der Waals surface area (Å²) >= 11 is 0. The minimum Gasteiger partial charge on any atom is -0.507 e. The van der Waals surface area contributed by atoms with Crippen molar-refractivity contribution in [1.29, 1.82) is 0 Å². The first kappa shape index (κ1) is 40.9. The molecule has 0 aliphatic heterocycles. The molecule has 60 heavy (non-hydrogen) atoms. The molecule has 2 fully saturated rings. The van der Waals surface area contributed by atoms with Crippen LogP contribution in [0.1, 0.15) is 123 Å². The van der Waals surface area contributed by atoms with Gasteiger partial charge in [-0.3, -0.25) is 9.98 Å². The van der Waals surface area contributed by atoms with Crippen LogP contribution >= 0.6 is 0 Å². The number of aliphatic imine (C=N–C) groups is 2. The Morgan fingerprint density at radius 2 is 0.983 bits per heavy atom. The molecule has 4 atom stereocenters. The third-order valence-electron chi connectivity index (χ3n) is 13.1. The van der Waals surface area contributed by atoms with Gasteiger partial charge in [0.05, 0.1) is 24.6 Å². The highest BCUT2D eigenvalue weighted by atomic mass is 16.3. The van der Waals surface area contributed by atoms with Crippen LogP contribution in [0.15, 0.2) is 67.7 Å². The molecule has 0 unspecified atom stereocenters. The van der Waals surface area contributed by atoms with Crippen molar-refractivity contribution in [3.8, 4) is 45.6 Å². The number of fused-ring (bicyclic) bond motifs is 2. The topological polar surface area (TPSA) is 172 Å². The van der Waals surface area contributed by atoms with Gasteiger partial charge in [-0.15, -0.1) is 0 Å².